The van der Waals surface area contributed by atoms with Gasteiger partial charge in [0, 0.05) is 61.4 Å². The number of aryl methyl sites for hydroxylation is 2. The third-order valence-electron chi connectivity index (χ3n) is 15.0. The number of rotatable bonds is 16. The van der Waals surface area contributed by atoms with Crippen LogP contribution in [0.5, 0.6) is 0 Å². The molecular weight excluding hydrogens is 1050 g/mol. The minimum atomic E-state index is -5.04. The molecule has 4 amide bonds. The number of piperazine rings is 1. The van der Waals surface area contributed by atoms with E-state index in [9.17, 15) is 46.7 Å². The number of aromatic nitrogens is 2. The standard InChI is InChI=1S/C57H65F4N9O8S/c1-31-27-69(28-32(2)68(31)7)45-18-16-36(22-44(45)66-53(75)40-25-63-48(72)24-41(40)57(59,60)61)39-21-37(15-17-42(39)58)52(74)64-26-49(73)67-51(56(4,5)6)54(76)70-29-38(78-55(77)43-9-8-20-62-43)23-46(70)47(71)19-12-34-10-13-35(14-11-34)50-33(3)65-30-79-50/h10-11,13-18,21-22,24-25,30-32,38,43,46,51,62H,8-9,12,19-20,23,26-29H2,1-7H3,(H,63,72)(H,64,74)(H,66,75)(H,67,73)/t31-,32+,38-,43?,46+,51-/m1/s1. The number of likely N-dealkylation sites (N-methyl/N-ethyl adjacent to an activating group) is 1. The quantitative estimate of drug-likeness (QED) is 0.0493. The first-order chi connectivity index (χ1) is 37.4. The number of nitrogens with one attached hydrogen (secondary N) is 5. The molecule has 8 rings (SSSR count). The number of esters is 1. The van der Waals surface area contributed by atoms with Gasteiger partial charge in [-0.1, -0.05) is 51.1 Å². The summed E-state index contributed by atoms with van der Waals surface area (Å²) in [6, 6.07) is 13.5. The van der Waals surface area contributed by atoms with Crippen LogP contribution in [-0.4, -0.2) is 131 Å². The second-order valence-corrected chi connectivity index (χ2v) is 22.6. The van der Waals surface area contributed by atoms with Crippen molar-refractivity contribution in [2.45, 2.75) is 116 Å². The minimum absolute atomic E-state index is 0.0285. The molecule has 0 aliphatic carbocycles. The van der Waals surface area contributed by atoms with E-state index >= 15 is 4.39 Å². The minimum Gasteiger partial charge on any atom is -0.459 e. The number of hydrogen-bond acceptors (Lipinski definition) is 13. The van der Waals surface area contributed by atoms with E-state index in [1.54, 1.807) is 38.4 Å². The zero-order chi connectivity index (χ0) is 57.1. The van der Waals surface area contributed by atoms with Gasteiger partial charge in [-0.05, 0) is 106 Å². The molecule has 2 aromatic heterocycles. The van der Waals surface area contributed by atoms with E-state index in [4.69, 9.17) is 4.74 Å². The lowest BCUT2D eigenvalue weighted by Crippen LogP contribution is -2.58. The molecule has 420 valence electrons. The number of carbonyl (C=O) groups is 6. The van der Waals surface area contributed by atoms with Gasteiger partial charge in [0.15, 0.2) is 5.78 Å². The predicted octanol–water partition coefficient (Wildman–Crippen LogP) is 7.14. The topological polar surface area (TPSA) is 215 Å². The van der Waals surface area contributed by atoms with Crippen molar-refractivity contribution in [1.82, 2.24) is 35.7 Å². The number of aromatic amines is 1. The van der Waals surface area contributed by atoms with Gasteiger partial charge in [-0.25, -0.2) is 9.37 Å². The lowest BCUT2D eigenvalue weighted by atomic mass is 9.85. The molecule has 5 heterocycles. The molecule has 0 bridgehead atoms. The Morgan fingerprint density at radius 3 is 2.27 bits per heavy atom. The van der Waals surface area contributed by atoms with Gasteiger partial charge in [-0.15, -0.1) is 11.3 Å². The van der Waals surface area contributed by atoms with Crippen LogP contribution in [0.4, 0.5) is 28.9 Å². The highest BCUT2D eigenvalue weighted by molar-refractivity contribution is 7.13. The maximum Gasteiger partial charge on any atom is 0.417 e. The van der Waals surface area contributed by atoms with Crippen molar-refractivity contribution in [2.75, 3.05) is 50.0 Å². The summed E-state index contributed by atoms with van der Waals surface area (Å²) < 4.78 is 64.0. The van der Waals surface area contributed by atoms with E-state index in [0.29, 0.717) is 50.4 Å². The molecule has 5 N–H and O–H groups in total. The van der Waals surface area contributed by atoms with Crippen molar-refractivity contribution in [3.8, 4) is 21.6 Å². The van der Waals surface area contributed by atoms with Gasteiger partial charge in [0.05, 0.1) is 57.7 Å². The molecule has 17 nitrogen and oxygen atoms in total. The lowest BCUT2D eigenvalue weighted by Gasteiger charge is -2.44. The van der Waals surface area contributed by atoms with Gasteiger partial charge >= 0.3 is 12.1 Å². The molecule has 22 heteroatoms. The highest BCUT2D eigenvalue weighted by Gasteiger charge is 2.46. The number of pyridine rings is 1. The number of halogens is 4. The molecule has 0 saturated carbocycles. The van der Waals surface area contributed by atoms with E-state index in [-0.39, 0.29) is 59.6 Å². The SMILES string of the molecule is Cc1ncsc1-c1ccc(CCC(=O)[C@@H]2C[C@@H](OC(=O)C3CCCN3)CN2C(=O)[C@@H](NC(=O)CNC(=O)c2ccc(F)c(-c3ccc(N4C[C@@H](C)N(C)[C@@H](C)C4)c(NC(=O)c4c[nH]c(=O)cc4C(F)(F)F)c3)c2)C(C)(C)C)cc1. The highest BCUT2D eigenvalue weighted by atomic mass is 32.1. The predicted molar refractivity (Wildman–Crippen MR) is 291 cm³/mol. The lowest BCUT2D eigenvalue weighted by molar-refractivity contribution is -0.151. The van der Waals surface area contributed by atoms with Crippen LogP contribution in [0.3, 0.4) is 0 Å². The Kier molecular flexibility index (Phi) is 17.6. The van der Waals surface area contributed by atoms with Crippen LogP contribution in [0, 0.1) is 18.2 Å². The second kappa shape index (κ2) is 24.0. The molecular formula is C57H65F4N9O8S. The van der Waals surface area contributed by atoms with Crippen LogP contribution in [-0.2, 0) is 36.5 Å². The number of Topliss-reactive ketones (excluding diaryl/α,β-unsaturated/α-hetero) is 1. The molecule has 1 unspecified atom stereocenters. The van der Waals surface area contributed by atoms with Crippen LogP contribution < -0.4 is 31.7 Å². The Morgan fingerprint density at radius 1 is 0.911 bits per heavy atom. The van der Waals surface area contributed by atoms with Crippen molar-refractivity contribution in [3.63, 3.8) is 0 Å². The summed E-state index contributed by atoms with van der Waals surface area (Å²) in [5.41, 5.74) is 0.773. The van der Waals surface area contributed by atoms with Crippen molar-refractivity contribution in [1.29, 1.82) is 0 Å². The van der Waals surface area contributed by atoms with Gasteiger partial charge < -0.3 is 40.8 Å². The molecule has 3 saturated heterocycles. The zero-order valence-electron chi connectivity index (χ0n) is 45.0. The van der Waals surface area contributed by atoms with Crippen LogP contribution in [0.1, 0.15) is 97.8 Å². The van der Waals surface area contributed by atoms with Gasteiger partial charge in [-0.2, -0.15) is 13.2 Å². The second-order valence-electron chi connectivity index (χ2n) is 21.7. The number of amides is 4. The summed E-state index contributed by atoms with van der Waals surface area (Å²) in [6.07, 6.45) is -3.20. The fourth-order valence-corrected chi connectivity index (χ4v) is 11.2. The number of likely N-dealkylation sites (tertiary alicyclic amines) is 1. The molecule has 3 aliphatic rings. The van der Waals surface area contributed by atoms with E-state index in [2.05, 4.69) is 36.1 Å². The summed E-state index contributed by atoms with van der Waals surface area (Å²) in [5, 5.41) is 11.0. The largest absolute Gasteiger partial charge is 0.459 e. The van der Waals surface area contributed by atoms with E-state index < -0.39 is 94.5 Å². The number of benzene rings is 3. The molecule has 0 radical (unpaired) electrons. The van der Waals surface area contributed by atoms with Crippen LogP contribution in [0.15, 0.2) is 83.2 Å². The molecule has 3 aliphatic heterocycles. The number of ether oxygens (including phenoxy) is 1. The summed E-state index contributed by atoms with van der Waals surface area (Å²) in [4.78, 5) is 108. The number of H-pyrrole nitrogens is 1. The normalized spacial score (nSPS) is 20.2. The zero-order valence-corrected chi connectivity index (χ0v) is 45.8. The first kappa shape index (κ1) is 57.9. The van der Waals surface area contributed by atoms with Gasteiger partial charge in [0.2, 0.25) is 17.4 Å². The smallest absolute Gasteiger partial charge is 0.417 e. The summed E-state index contributed by atoms with van der Waals surface area (Å²) >= 11 is 1.54. The van der Waals surface area contributed by atoms with E-state index in [1.807, 2.05) is 57.0 Å². The third kappa shape index (κ3) is 13.6. The van der Waals surface area contributed by atoms with Crippen LogP contribution in [0.25, 0.3) is 21.6 Å². The maximum absolute atomic E-state index is 15.9. The Balaban J connectivity index is 0.974. The average molecular weight is 1110 g/mol. The Hall–Kier alpha value is -7.30. The number of ketones is 1. The summed E-state index contributed by atoms with van der Waals surface area (Å²) in [7, 11) is 1.96. The number of hydrogen-bond donors (Lipinski definition) is 5. The highest BCUT2D eigenvalue weighted by Crippen LogP contribution is 2.37. The van der Waals surface area contributed by atoms with Crippen molar-refractivity contribution in [3.05, 3.63) is 123 Å². The van der Waals surface area contributed by atoms with Crippen molar-refractivity contribution < 1.29 is 51.1 Å². The Morgan fingerprint density at radius 2 is 1.62 bits per heavy atom. The fraction of sp³-hybridized carbons (Fsp3) is 0.439. The molecule has 3 fully saturated rings. The molecule has 79 heavy (non-hydrogen) atoms. The van der Waals surface area contributed by atoms with Crippen molar-refractivity contribution in [2.24, 2.45) is 5.41 Å². The first-order valence-electron chi connectivity index (χ1n) is 26.2. The van der Waals surface area contributed by atoms with E-state index in [0.717, 1.165) is 34.2 Å². The van der Waals surface area contributed by atoms with Gasteiger partial charge in [-0.3, -0.25) is 38.5 Å². The number of anilines is 2. The van der Waals surface area contributed by atoms with Gasteiger partial charge in [0.1, 0.15) is 24.0 Å². The molecule has 6 atom stereocenters. The van der Waals surface area contributed by atoms with E-state index in [1.165, 1.54) is 34.4 Å². The summed E-state index contributed by atoms with van der Waals surface area (Å²) in [5.74, 6) is -4.79. The Labute approximate surface area is 458 Å². The Bertz CT molecular complexity index is 3160. The number of carbonyl (C=O) groups excluding carboxylic acids is 6. The van der Waals surface area contributed by atoms with Gasteiger partial charge in [0.25, 0.3) is 11.8 Å². The van der Waals surface area contributed by atoms with Crippen molar-refractivity contribution >= 4 is 58.1 Å². The first-order valence-corrected chi connectivity index (χ1v) is 27.1. The fourth-order valence-electron chi connectivity index (χ4n) is 10.3. The number of nitrogens with zero attached hydrogens (tertiary/aromatic N) is 4. The molecule has 0 spiro atoms. The summed E-state index contributed by atoms with van der Waals surface area (Å²) in [6.45, 7) is 12.0. The van der Waals surface area contributed by atoms with Crippen LogP contribution >= 0.6 is 11.3 Å². The number of thiazole rings is 1. The van der Waals surface area contributed by atoms with Crippen LogP contribution in [0.2, 0.25) is 0 Å². The monoisotopic (exact) mass is 1110 g/mol. The average Bonchev–Trinajstić information content (AvgIpc) is 4.22. The number of alkyl halides is 3. The molecule has 5 aromatic rings. The third-order valence-corrected chi connectivity index (χ3v) is 15.9. The molecule has 3 aromatic carbocycles. The maximum atomic E-state index is 15.9.